The molecule has 0 bridgehead atoms. The van der Waals surface area contributed by atoms with Crippen molar-refractivity contribution >= 4 is 11.6 Å². The number of Topliss-reactive ketones (excluding diaryl/α,β-unsaturated/α-hetero) is 2. The van der Waals surface area contributed by atoms with Gasteiger partial charge in [-0.3, -0.25) is 9.59 Å². The van der Waals surface area contributed by atoms with Gasteiger partial charge >= 0.3 is 0 Å². The minimum absolute atomic E-state index is 0.0773. The first-order valence-electron chi connectivity index (χ1n) is 5.03. The summed E-state index contributed by atoms with van der Waals surface area (Å²) in [6.45, 7) is 7.39. The van der Waals surface area contributed by atoms with Crippen LogP contribution in [-0.2, 0) is 9.59 Å². The maximum atomic E-state index is 11.6. The second kappa shape index (κ2) is 5.15. The van der Waals surface area contributed by atoms with Crippen molar-refractivity contribution in [2.24, 2.45) is 5.41 Å². The van der Waals surface area contributed by atoms with Crippen LogP contribution in [-0.4, -0.2) is 11.6 Å². The molecule has 0 saturated carbocycles. The lowest BCUT2D eigenvalue weighted by atomic mass is 9.80. The Morgan fingerprint density at radius 1 is 0.923 bits per heavy atom. The maximum Gasteiger partial charge on any atom is 0.145 e. The van der Waals surface area contributed by atoms with E-state index in [1.54, 1.807) is 13.8 Å². The molecule has 0 saturated heterocycles. The van der Waals surface area contributed by atoms with E-state index in [1.807, 2.05) is 13.8 Å². The van der Waals surface area contributed by atoms with Gasteiger partial charge in [-0.25, -0.2) is 0 Å². The zero-order valence-electron chi connectivity index (χ0n) is 9.14. The number of carbonyl (C=O) groups is 2. The van der Waals surface area contributed by atoms with Crippen molar-refractivity contribution in [1.29, 1.82) is 0 Å². The van der Waals surface area contributed by atoms with Gasteiger partial charge in [-0.05, 0) is 26.7 Å². The number of hydrogen-bond donors (Lipinski definition) is 0. The summed E-state index contributed by atoms with van der Waals surface area (Å²) in [4.78, 5) is 23.1. The average molecular weight is 184 g/mol. The molecule has 2 nitrogen and oxygen atoms in total. The molecule has 0 unspecified atom stereocenters. The molecule has 0 aliphatic rings. The summed E-state index contributed by atoms with van der Waals surface area (Å²) in [5.41, 5.74) is -0.758. The van der Waals surface area contributed by atoms with Gasteiger partial charge in [0.2, 0.25) is 0 Å². The number of rotatable bonds is 6. The van der Waals surface area contributed by atoms with Gasteiger partial charge < -0.3 is 0 Å². The zero-order valence-corrected chi connectivity index (χ0v) is 9.14. The van der Waals surface area contributed by atoms with Crippen LogP contribution in [0.2, 0.25) is 0 Å². The Balaban J connectivity index is 4.36. The quantitative estimate of drug-likeness (QED) is 0.595. The molecule has 2 heteroatoms. The minimum Gasteiger partial charge on any atom is -0.299 e. The molecule has 0 rings (SSSR count). The second-order valence-corrected chi connectivity index (χ2v) is 3.97. The Kier molecular flexibility index (Phi) is 4.89. The highest BCUT2D eigenvalue weighted by Gasteiger charge is 2.33. The molecule has 0 aliphatic carbocycles. The van der Waals surface area contributed by atoms with Crippen molar-refractivity contribution < 1.29 is 9.59 Å². The predicted molar refractivity (Wildman–Crippen MR) is 53.6 cm³/mol. The fraction of sp³-hybridized carbons (Fsp3) is 0.818. The van der Waals surface area contributed by atoms with E-state index in [4.69, 9.17) is 0 Å². The lowest BCUT2D eigenvalue weighted by molar-refractivity contribution is -0.138. The highest BCUT2D eigenvalue weighted by Crippen LogP contribution is 2.22. The normalized spacial score (nSPS) is 11.4. The van der Waals surface area contributed by atoms with Crippen LogP contribution in [0.25, 0.3) is 0 Å². The number of ketones is 2. The summed E-state index contributed by atoms with van der Waals surface area (Å²) < 4.78 is 0. The molecule has 0 fully saturated rings. The molecule has 0 aromatic heterocycles. The van der Waals surface area contributed by atoms with E-state index in [1.165, 1.54) is 0 Å². The van der Waals surface area contributed by atoms with Gasteiger partial charge in [0.05, 0.1) is 5.41 Å². The molecule has 0 radical (unpaired) electrons. The standard InChI is InChI=1S/C11H20O2/c1-5-7-9(12)11(3,4)10(13)8-6-2/h5-8H2,1-4H3. The van der Waals surface area contributed by atoms with E-state index in [-0.39, 0.29) is 11.6 Å². The van der Waals surface area contributed by atoms with Crippen molar-refractivity contribution in [3.63, 3.8) is 0 Å². The van der Waals surface area contributed by atoms with Crippen LogP contribution >= 0.6 is 0 Å². The maximum absolute atomic E-state index is 11.6. The molecule has 76 valence electrons. The monoisotopic (exact) mass is 184 g/mol. The number of carbonyl (C=O) groups excluding carboxylic acids is 2. The summed E-state index contributed by atoms with van der Waals surface area (Å²) >= 11 is 0. The molecular weight excluding hydrogens is 164 g/mol. The number of hydrogen-bond acceptors (Lipinski definition) is 2. The molecule has 0 atom stereocenters. The Bertz CT molecular complexity index is 172. The zero-order chi connectivity index (χ0) is 10.5. The summed E-state index contributed by atoms with van der Waals surface area (Å²) in [7, 11) is 0. The van der Waals surface area contributed by atoms with E-state index >= 15 is 0 Å². The Morgan fingerprint density at radius 3 is 1.46 bits per heavy atom. The fourth-order valence-corrected chi connectivity index (χ4v) is 1.23. The Hall–Kier alpha value is -0.660. The predicted octanol–water partition coefficient (Wildman–Crippen LogP) is 2.75. The van der Waals surface area contributed by atoms with Crippen LogP contribution in [0.3, 0.4) is 0 Å². The third-order valence-electron chi connectivity index (χ3n) is 2.35. The van der Waals surface area contributed by atoms with E-state index in [0.717, 1.165) is 12.8 Å². The van der Waals surface area contributed by atoms with Crippen molar-refractivity contribution in [2.75, 3.05) is 0 Å². The van der Waals surface area contributed by atoms with Crippen molar-refractivity contribution in [3.8, 4) is 0 Å². The van der Waals surface area contributed by atoms with Crippen LogP contribution in [0.15, 0.2) is 0 Å². The molecule has 0 aliphatic heterocycles. The van der Waals surface area contributed by atoms with Crippen LogP contribution in [0, 0.1) is 5.41 Å². The van der Waals surface area contributed by atoms with E-state index < -0.39 is 5.41 Å². The van der Waals surface area contributed by atoms with Crippen molar-refractivity contribution in [1.82, 2.24) is 0 Å². The van der Waals surface area contributed by atoms with Crippen LogP contribution < -0.4 is 0 Å². The van der Waals surface area contributed by atoms with Gasteiger partial charge in [0.25, 0.3) is 0 Å². The van der Waals surface area contributed by atoms with Gasteiger partial charge in [-0.15, -0.1) is 0 Å². The van der Waals surface area contributed by atoms with Crippen LogP contribution in [0.1, 0.15) is 53.4 Å². The molecule has 0 spiro atoms. The van der Waals surface area contributed by atoms with E-state index in [2.05, 4.69) is 0 Å². The second-order valence-electron chi connectivity index (χ2n) is 3.97. The molecule has 0 heterocycles. The summed E-state index contributed by atoms with van der Waals surface area (Å²) in [5, 5.41) is 0. The SMILES string of the molecule is CCCC(=O)C(C)(C)C(=O)CCC. The molecular formula is C11H20O2. The minimum atomic E-state index is -0.758. The van der Waals surface area contributed by atoms with Crippen molar-refractivity contribution in [2.45, 2.75) is 53.4 Å². The van der Waals surface area contributed by atoms with Crippen LogP contribution in [0.5, 0.6) is 0 Å². The third-order valence-corrected chi connectivity index (χ3v) is 2.35. The summed E-state index contributed by atoms with van der Waals surface area (Å²) in [5.74, 6) is 0.155. The topological polar surface area (TPSA) is 34.1 Å². The molecule has 13 heavy (non-hydrogen) atoms. The highest BCUT2D eigenvalue weighted by atomic mass is 16.2. The average Bonchev–Trinajstić information content (AvgIpc) is 2.05. The largest absolute Gasteiger partial charge is 0.299 e. The van der Waals surface area contributed by atoms with E-state index in [0.29, 0.717) is 12.8 Å². The lowest BCUT2D eigenvalue weighted by Gasteiger charge is -2.20. The first-order valence-corrected chi connectivity index (χ1v) is 5.03. The first kappa shape index (κ1) is 12.3. The Morgan fingerprint density at radius 2 is 1.23 bits per heavy atom. The fourth-order valence-electron chi connectivity index (χ4n) is 1.23. The van der Waals surface area contributed by atoms with Crippen LogP contribution in [0.4, 0.5) is 0 Å². The van der Waals surface area contributed by atoms with Gasteiger partial charge in [-0.2, -0.15) is 0 Å². The summed E-state index contributed by atoms with van der Waals surface area (Å²) in [6, 6.07) is 0. The Labute approximate surface area is 80.7 Å². The molecule has 0 amide bonds. The van der Waals surface area contributed by atoms with Gasteiger partial charge in [0.15, 0.2) is 0 Å². The lowest BCUT2D eigenvalue weighted by Crippen LogP contribution is -2.33. The smallest absolute Gasteiger partial charge is 0.145 e. The third kappa shape index (κ3) is 3.29. The van der Waals surface area contributed by atoms with Gasteiger partial charge in [-0.1, -0.05) is 13.8 Å². The van der Waals surface area contributed by atoms with Gasteiger partial charge in [0, 0.05) is 12.8 Å². The first-order chi connectivity index (χ1) is 5.96. The van der Waals surface area contributed by atoms with Crippen molar-refractivity contribution in [3.05, 3.63) is 0 Å². The molecule has 0 aromatic rings. The molecule has 0 N–H and O–H groups in total. The molecule has 0 aromatic carbocycles. The van der Waals surface area contributed by atoms with E-state index in [9.17, 15) is 9.59 Å². The summed E-state index contributed by atoms with van der Waals surface area (Å²) in [6.07, 6.45) is 2.67. The van der Waals surface area contributed by atoms with Gasteiger partial charge in [0.1, 0.15) is 11.6 Å². The highest BCUT2D eigenvalue weighted by molar-refractivity contribution is 6.06.